The van der Waals surface area contributed by atoms with Gasteiger partial charge in [-0.25, -0.2) is 14.9 Å². The van der Waals surface area contributed by atoms with E-state index in [1.54, 1.807) is 36.7 Å². The van der Waals surface area contributed by atoms with Crippen molar-refractivity contribution in [2.45, 2.75) is 39.5 Å². The molecular weight excluding hydrogens is 642 g/mol. The van der Waals surface area contributed by atoms with E-state index in [-0.39, 0.29) is 17.4 Å². The third-order valence-corrected chi connectivity index (χ3v) is 5.75. The molecule has 1 aromatic carbocycles. The van der Waals surface area contributed by atoms with E-state index in [4.69, 9.17) is 20.9 Å². The van der Waals surface area contributed by atoms with Crippen LogP contribution in [0.3, 0.4) is 0 Å². The summed E-state index contributed by atoms with van der Waals surface area (Å²) in [6.07, 6.45) is 3.50. The number of nitrogens with one attached hydrogen (secondary N) is 4. The second-order valence-corrected chi connectivity index (χ2v) is 12.5. The number of H-pyrrole nitrogens is 2. The number of aromatic amines is 2. The molecule has 244 valence electrons. The number of aromatic nitrogens is 5. The van der Waals surface area contributed by atoms with Gasteiger partial charge in [0.1, 0.15) is 16.5 Å². The Morgan fingerprint density at radius 2 is 1.63 bits per heavy atom. The maximum Gasteiger partial charge on any atom is 0.422 e. The zero-order valence-electron chi connectivity index (χ0n) is 25.2. The standard InChI is InChI=1S/C17H11ClN4O3.C11H17N3O2.CH4O3S/c18-9-4-5-11-12(7-9)20-14-13(15(11)23)17(25)22(21-16(14)24)8-10-3-1-2-6-19-10;1-11(2,3)16-10(15)14-13-8-9-6-4-5-7-12-9;1-5(2,3)4/h1-7H,8H2,(H,20,23)(H,21,24);4-7,13H,8H2,1-3H3,(H,14,15);1H3,(H,2,3,4). The van der Waals surface area contributed by atoms with E-state index in [1.165, 1.54) is 12.1 Å². The number of amides is 1. The molecule has 0 saturated carbocycles. The Morgan fingerprint density at radius 3 is 2.20 bits per heavy atom. The first kappa shape index (κ1) is 35.6. The first-order valence-corrected chi connectivity index (χ1v) is 15.7. The lowest BCUT2D eigenvalue weighted by Crippen LogP contribution is -2.40. The van der Waals surface area contributed by atoms with Crippen LogP contribution in [0.2, 0.25) is 5.02 Å². The predicted molar refractivity (Wildman–Crippen MR) is 173 cm³/mol. The highest BCUT2D eigenvalue weighted by molar-refractivity contribution is 7.85. The summed E-state index contributed by atoms with van der Waals surface area (Å²) in [6.45, 7) is 5.95. The van der Waals surface area contributed by atoms with Gasteiger partial charge in [-0.15, -0.1) is 0 Å². The van der Waals surface area contributed by atoms with Crippen molar-refractivity contribution < 1.29 is 22.5 Å². The highest BCUT2D eigenvalue weighted by Crippen LogP contribution is 2.16. The summed E-state index contributed by atoms with van der Waals surface area (Å²) in [5.41, 5.74) is 4.79. The fourth-order valence-corrected chi connectivity index (χ4v) is 3.95. The number of hydrazine groups is 1. The molecule has 0 aliphatic heterocycles. The van der Waals surface area contributed by atoms with Crippen molar-refractivity contribution in [2.75, 3.05) is 6.26 Å². The van der Waals surface area contributed by atoms with Gasteiger partial charge in [0.25, 0.3) is 21.2 Å². The molecule has 0 fully saturated rings. The predicted octanol–water partition coefficient (Wildman–Crippen LogP) is 2.74. The van der Waals surface area contributed by atoms with E-state index in [0.717, 1.165) is 10.4 Å². The minimum Gasteiger partial charge on any atom is -0.443 e. The topological polar surface area (TPSA) is 218 Å². The molecule has 5 rings (SSSR count). The minimum absolute atomic E-state index is 0.0585. The van der Waals surface area contributed by atoms with Crippen LogP contribution < -0.4 is 27.4 Å². The SMILES string of the molecule is CC(C)(C)OC(=O)NNCc1ccccn1.CS(=O)(=O)O.O=c1[nH]n(Cc2ccccn2)c(=O)c2c(=O)c3ccc(Cl)cc3[nH]c12. The number of rotatable bonds is 5. The lowest BCUT2D eigenvalue weighted by molar-refractivity contribution is 0.0496. The third-order valence-electron chi connectivity index (χ3n) is 5.52. The van der Waals surface area contributed by atoms with Crippen molar-refractivity contribution >= 4 is 49.6 Å². The summed E-state index contributed by atoms with van der Waals surface area (Å²) in [6, 6.07) is 15.5. The Kier molecular flexibility index (Phi) is 11.9. The van der Waals surface area contributed by atoms with Crippen molar-refractivity contribution in [1.82, 2.24) is 35.6 Å². The van der Waals surface area contributed by atoms with Crippen molar-refractivity contribution in [3.8, 4) is 0 Å². The molecule has 0 aliphatic carbocycles. The highest BCUT2D eigenvalue weighted by Gasteiger charge is 2.16. The molecule has 0 unspecified atom stereocenters. The minimum atomic E-state index is -3.67. The summed E-state index contributed by atoms with van der Waals surface area (Å²) < 4.78 is 32.0. The van der Waals surface area contributed by atoms with Crippen LogP contribution in [0.5, 0.6) is 0 Å². The van der Waals surface area contributed by atoms with Gasteiger partial charge in [-0.05, 0) is 63.2 Å². The molecule has 5 aromatic rings. The molecule has 4 aromatic heterocycles. The van der Waals surface area contributed by atoms with Crippen molar-refractivity contribution in [1.29, 1.82) is 0 Å². The largest absolute Gasteiger partial charge is 0.443 e. The van der Waals surface area contributed by atoms with Gasteiger partial charge in [-0.2, -0.15) is 8.42 Å². The molecule has 4 heterocycles. The van der Waals surface area contributed by atoms with E-state index in [0.29, 0.717) is 34.4 Å². The fourth-order valence-electron chi connectivity index (χ4n) is 3.78. The molecule has 0 saturated heterocycles. The van der Waals surface area contributed by atoms with Gasteiger partial charge >= 0.3 is 6.09 Å². The molecule has 0 spiro atoms. The van der Waals surface area contributed by atoms with Gasteiger partial charge in [0.2, 0.25) is 5.43 Å². The first-order valence-electron chi connectivity index (χ1n) is 13.4. The Bertz CT molecular complexity index is 2090. The van der Waals surface area contributed by atoms with Gasteiger partial charge in [-0.3, -0.25) is 39.4 Å². The zero-order chi connectivity index (χ0) is 34.1. The van der Waals surface area contributed by atoms with Crippen LogP contribution in [0.15, 0.2) is 81.4 Å². The number of hydrogen-bond acceptors (Lipinski definition) is 10. The zero-order valence-corrected chi connectivity index (χ0v) is 26.8. The number of fused-ring (bicyclic) bond motifs is 2. The lowest BCUT2D eigenvalue weighted by atomic mass is 10.1. The van der Waals surface area contributed by atoms with Gasteiger partial charge in [0, 0.05) is 22.8 Å². The maximum atomic E-state index is 12.7. The van der Waals surface area contributed by atoms with Gasteiger partial charge in [0.15, 0.2) is 0 Å². The average molecular weight is 674 g/mol. The number of pyridine rings is 3. The molecule has 17 heteroatoms. The van der Waals surface area contributed by atoms with Crippen LogP contribution in [0.1, 0.15) is 32.2 Å². The second-order valence-electron chi connectivity index (χ2n) is 10.6. The number of carbonyl (C=O) groups excluding carboxylic acids is 1. The number of hydrogen-bond donors (Lipinski definition) is 5. The lowest BCUT2D eigenvalue weighted by Gasteiger charge is -2.19. The molecular formula is C29H32ClN7O8S. The quantitative estimate of drug-likeness (QED) is 0.104. The van der Waals surface area contributed by atoms with Gasteiger partial charge in [-0.1, -0.05) is 23.7 Å². The van der Waals surface area contributed by atoms with Crippen LogP contribution in [-0.2, 0) is 27.9 Å². The molecule has 46 heavy (non-hydrogen) atoms. The molecule has 5 N–H and O–H groups in total. The Labute approximate surface area is 267 Å². The second kappa shape index (κ2) is 15.4. The monoisotopic (exact) mass is 673 g/mol. The van der Waals surface area contributed by atoms with Crippen LogP contribution in [-0.4, -0.2) is 55.7 Å². The van der Waals surface area contributed by atoms with Crippen LogP contribution >= 0.6 is 11.6 Å². The molecule has 1 amide bonds. The van der Waals surface area contributed by atoms with E-state index in [1.807, 2.05) is 39.0 Å². The fraction of sp³-hybridized carbons (Fsp3) is 0.241. The summed E-state index contributed by atoms with van der Waals surface area (Å²) >= 11 is 5.93. The average Bonchev–Trinajstić information content (AvgIpc) is 2.95. The Balaban J connectivity index is 0.000000236. The number of halogens is 1. The first-order chi connectivity index (χ1) is 21.5. The summed E-state index contributed by atoms with van der Waals surface area (Å²) in [7, 11) is -3.67. The number of nitrogens with zero attached hydrogens (tertiary/aromatic N) is 3. The van der Waals surface area contributed by atoms with E-state index in [2.05, 4.69) is 30.9 Å². The van der Waals surface area contributed by atoms with Crippen molar-refractivity contribution in [3.63, 3.8) is 0 Å². The van der Waals surface area contributed by atoms with Crippen molar-refractivity contribution in [2.24, 2.45) is 0 Å². The smallest absolute Gasteiger partial charge is 0.422 e. The number of carbonyl (C=O) groups is 1. The summed E-state index contributed by atoms with van der Waals surface area (Å²) in [5.74, 6) is 0. The van der Waals surface area contributed by atoms with E-state index >= 15 is 0 Å². The van der Waals surface area contributed by atoms with Crippen molar-refractivity contribution in [3.05, 3.63) is 114 Å². The number of ether oxygens (including phenoxy) is 1. The molecule has 0 radical (unpaired) electrons. The summed E-state index contributed by atoms with van der Waals surface area (Å²) in [5, 5.41) is 3.01. The molecule has 0 aliphatic rings. The van der Waals surface area contributed by atoms with Gasteiger partial charge in [0.05, 0.1) is 36.2 Å². The van der Waals surface area contributed by atoms with Crippen LogP contribution in [0.4, 0.5) is 4.79 Å². The maximum absolute atomic E-state index is 12.7. The number of benzene rings is 1. The normalized spacial score (nSPS) is 11.2. The summed E-state index contributed by atoms with van der Waals surface area (Å²) in [4.78, 5) is 60.1. The molecule has 0 bridgehead atoms. The van der Waals surface area contributed by atoms with E-state index in [9.17, 15) is 27.6 Å². The molecule has 15 nitrogen and oxygen atoms in total. The Morgan fingerprint density at radius 1 is 1.02 bits per heavy atom. The van der Waals surface area contributed by atoms with E-state index < -0.39 is 38.4 Å². The Hall–Kier alpha value is -4.90. The van der Waals surface area contributed by atoms with Crippen LogP contribution in [0, 0.1) is 0 Å². The van der Waals surface area contributed by atoms with Gasteiger partial charge < -0.3 is 9.72 Å². The molecule has 0 atom stereocenters. The third kappa shape index (κ3) is 11.2. The van der Waals surface area contributed by atoms with Crippen LogP contribution in [0.25, 0.3) is 21.8 Å². The highest BCUT2D eigenvalue weighted by atomic mass is 35.5.